The highest BCUT2D eigenvalue weighted by Crippen LogP contribution is 2.15. The Labute approximate surface area is 104 Å². The maximum Gasteiger partial charge on any atom is 0.335 e. The summed E-state index contributed by atoms with van der Waals surface area (Å²) in [6.45, 7) is 0. The van der Waals surface area contributed by atoms with Gasteiger partial charge in [0.25, 0.3) is 0 Å². The lowest BCUT2D eigenvalue weighted by atomic mass is 10.2. The third kappa shape index (κ3) is 2.95. The van der Waals surface area contributed by atoms with Crippen molar-refractivity contribution in [1.82, 2.24) is 0 Å². The minimum absolute atomic E-state index is 0.165. The second-order valence-electron chi connectivity index (χ2n) is 3.71. The number of aromatic hydroxyl groups is 1. The molecule has 2 N–H and O–H groups in total. The molecule has 0 bridgehead atoms. The van der Waals surface area contributed by atoms with E-state index in [4.69, 9.17) is 5.11 Å². The Morgan fingerprint density at radius 2 is 1.89 bits per heavy atom. The van der Waals surface area contributed by atoms with Crippen LogP contribution in [-0.2, 0) is 0 Å². The lowest BCUT2D eigenvalue weighted by Crippen LogP contribution is -1.94. The predicted octanol–water partition coefficient (Wildman–Crippen LogP) is 2.84. The molecule has 2 rings (SSSR count). The zero-order chi connectivity index (χ0) is 13.0. The van der Waals surface area contributed by atoms with Crippen molar-refractivity contribution >= 4 is 17.9 Å². The first-order valence-corrected chi connectivity index (χ1v) is 5.31. The molecule has 0 fully saturated rings. The predicted molar refractivity (Wildman–Crippen MR) is 68.8 cm³/mol. The van der Waals surface area contributed by atoms with Crippen LogP contribution in [0.2, 0.25) is 0 Å². The lowest BCUT2D eigenvalue weighted by molar-refractivity contribution is 0.0697. The van der Waals surface area contributed by atoms with Crippen LogP contribution in [0.25, 0.3) is 0 Å². The standard InChI is InChI=1S/C14H11NO3/c16-13-6-1-3-10(7-13)9-15-12-5-2-4-11(8-12)14(17)18/h1-9,16H,(H,17,18). The van der Waals surface area contributed by atoms with Gasteiger partial charge in [0, 0.05) is 6.21 Å². The maximum atomic E-state index is 10.8. The van der Waals surface area contributed by atoms with Crippen molar-refractivity contribution in [3.05, 3.63) is 59.7 Å². The van der Waals surface area contributed by atoms with E-state index in [1.54, 1.807) is 42.6 Å². The van der Waals surface area contributed by atoms with Gasteiger partial charge in [-0.1, -0.05) is 18.2 Å². The van der Waals surface area contributed by atoms with Crippen LogP contribution < -0.4 is 0 Å². The molecule has 2 aromatic rings. The Bertz CT molecular complexity index is 605. The second-order valence-corrected chi connectivity index (χ2v) is 3.71. The van der Waals surface area contributed by atoms with Crippen molar-refractivity contribution in [2.45, 2.75) is 0 Å². The summed E-state index contributed by atoms with van der Waals surface area (Å²) in [5.41, 5.74) is 1.49. The Kier molecular flexibility index (Phi) is 3.38. The fourth-order valence-corrected chi connectivity index (χ4v) is 1.47. The SMILES string of the molecule is O=C(O)c1cccc(N=Cc2cccc(O)c2)c1. The number of carboxylic acid groups (broad SMARTS) is 1. The van der Waals surface area contributed by atoms with Gasteiger partial charge < -0.3 is 10.2 Å². The van der Waals surface area contributed by atoms with Gasteiger partial charge in [-0.3, -0.25) is 4.99 Å². The maximum absolute atomic E-state index is 10.8. The molecule has 2 aromatic carbocycles. The van der Waals surface area contributed by atoms with Gasteiger partial charge in [0.05, 0.1) is 11.3 Å². The molecule has 0 aliphatic heterocycles. The number of aromatic carboxylic acids is 1. The highest BCUT2D eigenvalue weighted by Gasteiger charge is 2.01. The molecule has 0 heterocycles. The Balaban J connectivity index is 2.23. The summed E-state index contributed by atoms with van der Waals surface area (Å²) in [4.78, 5) is 14.9. The zero-order valence-electron chi connectivity index (χ0n) is 9.45. The van der Waals surface area contributed by atoms with Crippen molar-refractivity contribution in [3.8, 4) is 5.75 Å². The first kappa shape index (κ1) is 11.9. The largest absolute Gasteiger partial charge is 0.508 e. The van der Waals surface area contributed by atoms with E-state index in [-0.39, 0.29) is 11.3 Å². The van der Waals surface area contributed by atoms with Crippen LogP contribution in [0.4, 0.5) is 5.69 Å². The van der Waals surface area contributed by atoms with E-state index in [0.29, 0.717) is 5.69 Å². The molecule has 4 nitrogen and oxygen atoms in total. The first-order chi connectivity index (χ1) is 8.65. The smallest absolute Gasteiger partial charge is 0.335 e. The summed E-state index contributed by atoms with van der Waals surface area (Å²) in [6.07, 6.45) is 1.57. The van der Waals surface area contributed by atoms with E-state index in [1.807, 2.05) is 0 Å². The molecule has 0 aliphatic rings. The normalized spacial score (nSPS) is 10.7. The van der Waals surface area contributed by atoms with Crippen LogP contribution in [0.15, 0.2) is 53.5 Å². The van der Waals surface area contributed by atoms with Crippen molar-refractivity contribution in [1.29, 1.82) is 0 Å². The molecular weight excluding hydrogens is 230 g/mol. The van der Waals surface area contributed by atoms with Crippen molar-refractivity contribution in [2.75, 3.05) is 0 Å². The van der Waals surface area contributed by atoms with Crippen LogP contribution in [-0.4, -0.2) is 22.4 Å². The highest BCUT2D eigenvalue weighted by atomic mass is 16.4. The number of nitrogens with zero attached hydrogens (tertiary/aromatic N) is 1. The number of hydrogen-bond donors (Lipinski definition) is 2. The van der Waals surface area contributed by atoms with Crippen LogP contribution >= 0.6 is 0 Å². The molecule has 0 radical (unpaired) electrons. The fraction of sp³-hybridized carbons (Fsp3) is 0. The van der Waals surface area contributed by atoms with Gasteiger partial charge >= 0.3 is 5.97 Å². The van der Waals surface area contributed by atoms with Crippen LogP contribution in [0.3, 0.4) is 0 Å². The number of carboxylic acids is 1. The summed E-state index contributed by atoms with van der Waals surface area (Å²) < 4.78 is 0. The molecule has 90 valence electrons. The van der Waals surface area contributed by atoms with Gasteiger partial charge in [-0.05, 0) is 35.9 Å². The quantitative estimate of drug-likeness (QED) is 0.812. The number of rotatable bonds is 3. The number of phenols is 1. The zero-order valence-corrected chi connectivity index (χ0v) is 9.45. The molecule has 4 heteroatoms. The van der Waals surface area contributed by atoms with E-state index in [2.05, 4.69) is 4.99 Å². The minimum Gasteiger partial charge on any atom is -0.508 e. The van der Waals surface area contributed by atoms with Gasteiger partial charge in [0.2, 0.25) is 0 Å². The van der Waals surface area contributed by atoms with E-state index in [1.165, 1.54) is 12.1 Å². The van der Waals surface area contributed by atoms with Crippen LogP contribution in [0.1, 0.15) is 15.9 Å². The summed E-state index contributed by atoms with van der Waals surface area (Å²) in [7, 11) is 0. The number of aliphatic imine (C=N–C) groups is 1. The fourth-order valence-electron chi connectivity index (χ4n) is 1.47. The topological polar surface area (TPSA) is 69.9 Å². The van der Waals surface area contributed by atoms with Gasteiger partial charge in [0.1, 0.15) is 5.75 Å². The Morgan fingerprint density at radius 3 is 2.61 bits per heavy atom. The molecule has 0 spiro atoms. The molecule has 0 amide bonds. The molecule has 18 heavy (non-hydrogen) atoms. The Hall–Kier alpha value is -2.62. The monoisotopic (exact) mass is 241 g/mol. The van der Waals surface area contributed by atoms with E-state index in [0.717, 1.165) is 5.56 Å². The third-order valence-electron chi connectivity index (χ3n) is 2.33. The summed E-state index contributed by atoms with van der Waals surface area (Å²) in [5, 5.41) is 18.1. The van der Waals surface area contributed by atoms with E-state index >= 15 is 0 Å². The molecule has 0 aliphatic carbocycles. The molecule has 0 saturated carbocycles. The summed E-state index contributed by atoms with van der Waals surface area (Å²) in [6, 6.07) is 13.0. The summed E-state index contributed by atoms with van der Waals surface area (Å²) in [5.74, 6) is -0.817. The second kappa shape index (κ2) is 5.14. The van der Waals surface area contributed by atoms with Crippen molar-refractivity contribution in [2.24, 2.45) is 4.99 Å². The molecular formula is C14H11NO3. The van der Waals surface area contributed by atoms with Crippen molar-refractivity contribution < 1.29 is 15.0 Å². The molecule has 0 atom stereocenters. The highest BCUT2D eigenvalue weighted by molar-refractivity contribution is 5.89. The van der Waals surface area contributed by atoms with E-state index < -0.39 is 5.97 Å². The minimum atomic E-state index is -0.982. The van der Waals surface area contributed by atoms with Gasteiger partial charge in [-0.2, -0.15) is 0 Å². The van der Waals surface area contributed by atoms with E-state index in [9.17, 15) is 9.90 Å². The average molecular weight is 241 g/mol. The Morgan fingerprint density at radius 1 is 1.11 bits per heavy atom. The van der Waals surface area contributed by atoms with Gasteiger partial charge in [-0.15, -0.1) is 0 Å². The van der Waals surface area contributed by atoms with Gasteiger partial charge in [-0.25, -0.2) is 4.79 Å². The van der Waals surface area contributed by atoms with Crippen LogP contribution in [0.5, 0.6) is 5.75 Å². The number of carbonyl (C=O) groups is 1. The summed E-state index contributed by atoms with van der Waals surface area (Å²) >= 11 is 0. The van der Waals surface area contributed by atoms with Gasteiger partial charge in [0.15, 0.2) is 0 Å². The third-order valence-corrected chi connectivity index (χ3v) is 2.33. The van der Waals surface area contributed by atoms with Crippen molar-refractivity contribution in [3.63, 3.8) is 0 Å². The first-order valence-electron chi connectivity index (χ1n) is 5.31. The molecule has 0 unspecified atom stereocenters. The lowest BCUT2D eigenvalue weighted by Gasteiger charge is -1.97. The molecule has 0 saturated heterocycles. The average Bonchev–Trinajstić information content (AvgIpc) is 2.37. The number of benzene rings is 2. The number of phenolic OH excluding ortho intramolecular Hbond substituents is 1. The number of hydrogen-bond acceptors (Lipinski definition) is 3. The van der Waals surface area contributed by atoms with Crippen LogP contribution in [0, 0.1) is 0 Å². The molecule has 0 aromatic heterocycles.